The number of hydrogen-bond acceptors (Lipinski definition) is 4. The monoisotopic (exact) mass is 461 g/mol. The zero-order chi connectivity index (χ0) is 23.3. The summed E-state index contributed by atoms with van der Waals surface area (Å²) in [7, 11) is 0. The predicted molar refractivity (Wildman–Crippen MR) is 122 cm³/mol. The van der Waals surface area contributed by atoms with E-state index < -0.39 is 12.8 Å². The molecule has 0 atom stereocenters. The summed E-state index contributed by atoms with van der Waals surface area (Å²) >= 11 is 0. The highest BCUT2D eigenvalue weighted by molar-refractivity contribution is 5.95. The van der Waals surface area contributed by atoms with Gasteiger partial charge in [-0.25, -0.2) is 0 Å². The van der Waals surface area contributed by atoms with Crippen molar-refractivity contribution in [2.45, 2.75) is 38.4 Å². The fourth-order valence-electron chi connectivity index (χ4n) is 4.55. The molecule has 2 N–H and O–H groups in total. The minimum absolute atomic E-state index is 0.0562. The van der Waals surface area contributed by atoms with Crippen molar-refractivity contribution in [2.75, 3.05) is 37.7 Å². The molecule has 0 bridgehead atoms. The second kappa shape index (κ2) is 10.5. The van der Waals surface area contributed by atoms with Crippen LogP contribution in [0.4, 0.5) is 18.9 Å². The molecule has 33 heavy (non-hydrogen) atoms. The molecule has 0 radical (unpaired) electrons. The van der Waals surface area contributed by atoms with E-state index >= 15 is 0 Å². The highest BCUT2D eigenvalue weighted by Gasteiger charge is 2.29. The summed E-state index contributed by atoms with van der Waals surface area (Å²) in [4.78, 5) is 14.8. The lowest BCUT2D eigenvalue weighted by molar-refractivity contribution is -0.153. The number of nitrogens with one attached hydrogen (secondary N) is 2. The molecule has 2 aromatic rings. The lowest BCUT2D eigenvalue weighted by Crippen LogP contribution is -2.36. The topological polar surface area (TPSA) is 53.6 Å². The number of alkyl halides is 3. The van der Waals surface area contributed by atoms with Crippen molar-refractivity contribution in [3.05, 3.63) is 59.2 Å². The Morgan fingerprint density at radius 3 is 2.73 bits per heavy atom. The first-order chi connectivity index (χ1) is 15.9. The molecule has 4 rings (SSSR count). The number of amides is 1. The Labute approximate surface area is 192 Å². The molecule has 2 heterocycles. The molecule has 178 valence electrons. The molecular formula is C25H30F3N3O2. The zero-order valence-corrected chi connectivity index (χ0v) is 18.6. The number of carbonyl (C=O) groups excluding carboxylic acids is 1. The van der Waals surface area contributed by atoms with E-state index in [0.717, 1.165) is 56.6 Å². The molecule has 5 nitrogen and oxygen atoms in total. The highest BCUT2D eigenvalue weighted by Crippen LogP contribution is 2.31. The fourth-order valence-corrected chi connectivity index (χ4v) is 4.55. The third kappa shape index (κ3) is 6.41. The Bertz CT molecular complexity index is 958. The molecule has 0 spiro atoms. The number of rotatable bonds is 7. The molecule has 2 aromatic carbocycles. The van der Waals surface area contributed by atoms with Crippen LogP contribution in [-0.2, 0) is 13.0 Å². The lowest BCUT2D eigenvalue weighted by atomic mass is 9.97. The maximum absolute atomic E-state index is 12.7. The van der Waals surface area contributed by atoms with E-state index in [-0.39, 0.29) is 11.7 Å². The van der Waals surface area contributed by atoms with Crippen LogP contribution < -0.4 is 20.3 Å². The van der Waals surface area contributed by atoms with Gasteiger partial charge in [0.25, 0.3) is 5.91 Å². The number of para-hydroxylation sites is 1. The Kier molecular flexibility index (Phi) is 7.42. The Hall–Kier alpha value is -2.74. The molecule has 2 aliphatic rings. The number of aryl methyl sites for hydroxylation is 1. The maximum Gasteiger partial charge on any atom is 0.422 e. The van der Waals surface area contributed by atoms with Gasteiger partial charge in [-0.1, -0.05) is 18.2 Å². The molecule has 0 aromatic heterocycles. The van der Waals surface area contributed by atoms with Crippen molar-refractivity contribution in [3.63, 3.8) is 0 Å². The quantitative estimate of drug-likeness (QED) is 0.645. The van der Waals surface area contributed by atoms with E-state index in [2.05, 4.69) is 15.5 Å². The summed E-state index contributed by atoms with van der Waals surface area (Å²) in [6.45, 7) is 2.62. The number of halogens is 3. The van der Waals surface area contributed by atoms with Crippen molar-refractivity contribution in [3.8, 4) is 5.75 Å². The molecule has 0 saturated carbocycles. The van der Waals surface area contributed by atoms with E-state index in [1.165, 1.54) is 0 Å². The Morgan fingerprint density at radius 1 is 1.15 bits per heavy atom. The number of anilines is 1. The van der Waals surface area contributed by atoms with Crippen LogP contribution in [-0.4, -0.2) is 44.9 Å². The normalized spacial score (nSPS) is 16.9. The van der Waals surface area contributed by atoms with Gasteiger partial charge in [-0.3, -0.25) is 4.79 Å². The molecule has 1 amide bonds. The summed E-state index contributed by atoms with van der Waals surface area (Å²) in [5.74, 6) is 0.707. The van der Waals surface area contributed by atoms with Gasteiger partial charge in [0.2, 0.25) is 0 Å². The third-order valence-corrected chi connectivity index (χ3v) is 6.29. The van der Waals surface area contributed by atoms with Gasteiger partial charge in [0, 0.05) is 36.4 Å². The van der Waals surface area contributed by atoms with Gasteiger partial charge in [-0.05, 0) is 74.5 Å². The standard InChI is InChI=1S/C25H30F3N3O2/c26-25(27,28)17-33-23-6-2-1-4-21(23)16-31-13-3-5-19-14-20(7-8-22(19)31)24(32)30-15-18-9-11-29-12-10-18/h1-2,4,6-8,14,18,29H,3,5,9-13,15-17H2,(H,30,32). The zero-order valence-electron chi connectivity index (χ0n) is 18.6. The molecule has 0 aliphatic carbocycles. The first kappa shape index (κ1) is 23.4. The molecular weight excluding hydrogens is 431 g/mol. The molecule has 8 heteroatoms. The predicted octanol–water partition coefficient (Wildman–Crippen LogP) is 4.31. The van der Waals surface area contributed by atoms with E-state index in [9.17, 15) is 18.0 Å². The maximum atomic E-state index is 12.7. The summed E-state index contributed by atoms with van der Waals surface area (Å²) in [6.07, 6.45) is -0.441. The van der Waals surface area contributed by atoms with Crippen LogP contribution in [0.1, 0.15) is 40.7 Å². The van der Waals surface area contributed by atoms with Crippen molar-refractivity contribution < 1.29 is 22.7 Å². The van der Waals surface area contributed by atoms with Gasteiger partial charge >= 0.3 is 6.18 Å². The van der Waals surface area contributed by atoms with Crippen LogP contribution in [0.15, 0.2) is 42.5 Å². The SMILES string of the molecule is O=C(NCC1CCNCC1)c1ccc2c(c1)CCCN2Cc1ccccc1OCC(F)(F)F. The van der Waals surface area contributed by atoms with E-state index in [0.29, 0.717) is 30.1 Å². The molecule has 2 aliphatic heterocycles. The van der Waals surface area contributed by atoms with Crippen LogP contribution >= 0.6 is 0 Å². The number of benzene rings is 2. The van der Waals surface area contributed by atoms with Crippen LogP contribution in [0.2, 0.25) is 0 Å². The van der Waals surface area contributed by atoms with Crippen molar-refractivity contribution in [2.24, 2.45) is 5.92 Å². The Balaban J connectivity index is 1.43. The summed E-state index contributed by atoms with van der Waals surface area (Å²) < 4.78 is 42.9. The van der Waals surface area contributed by atoms with Gasteiger partial charge in [0.15, 0.2) is 6.61 Å². The molecule has 1 fully saturated rings. The van der Waals surface area contributed by atoms with Gasteiger partial charge < -0.3 is 20.3 Å². The number of nitrogens with zero attached hydrogens (tertiary/aromatic N) is 1. The number of fused-ring (bicyclic) bond motifs is 1. The van der Waals surface area contributed by atoms with Crippen LogP contribution in [0, 0.1) is 5.92 Å². The minimum Gasteiger partial charge on any atom is -0.484 e. The van der Waals surface area contributed by atoms with E-state index in [1.807, 2.05) is 18.2 Å². The van der Waals surface area contributed by atoms with Crippen LogP contribution in [0.25, 0.3) is 0 Å². The summed E-state index contributed by atoms with van der Waals surface area (Å²) in [5.41, 5.74) is 3.46. The number of ether oxygens (including phenoxy) is 1. The number of carbonyl (C=O) groups is 1. The van der Waals surface area contributed by atoms with E-state index in [4.69, 9.17) is 4.74 Å². The first-order valence-corrected chi connectivity index (χ1v) is 11.5. The van der Waals surface area contributed by atoms with Crippen LogP contribution in [0.5, 0.6) is 5.75 Å². The van der Waals surface area contributed by atoms with Crippen LogP contribution in [0.3, 0.4) is 0 Å². The second-order valence-corrected chi connectivity index (χ2v) is 8.78. The van der Waals surface area contributed by atoms with Crippen molar-refractivity contribution >= 4 is 11.6 Å². The summed E-state index contributed by atoms with van der Waals surface area (Å²) in [5, 5.41) is 6.40. The van der Waals surface area contributed by atoms with Crippen molar-refractivity contribution in [1.82, 2.24) is 10.6 Å². The minimum atomic E-state index is -4.38. The average Bonchev–Trinajstić information content (AvgIpc) is 2.82. The van der Waals surface area contributed by atoms with Gasteiger partial charge in [0.1, 0.15) is 5.75 Å². The van der Waals surface area contributed by atoms with Crippen molar-refractivity contribution in [1.29, 1.82) is 0 Å². The van der Waals surface area contributed by atoms with Gasteiger partial charge in [-0.2, -0.15) is 13.2 Å². The molecule has 1 saturated heterocycles. The Morgan fingerprint density at radius 2 is 1.94 bits per heavy atom. The lowest BCUT2D eigenvalue weighted by Gasteiger charge is -2.32. The highest BCUT2D eigenvalue weighted by atomic mass is 19.4. The first-order valence-electron chi connectivity index (χ1n) is 11.5. The summed E-state index contributed by atoms with van der Waals surface area (Å²) in [6, 6.07) is 12.6. The van der Waals surface area contributed by atoms with Gasteiger partial charge in [0.05, 0.1) is 0 Å². The number of hydrogen-bond donors (Lipinski definition) is 2. The second-order valence-electron chi connectivity index (χ2n) is 8.78. The smallest absolute Gasteiger partial charge is 0.422 e. The molecule has 0 unspecified atom stereocenters. The fraction of sp³-hybridized carbons (Fsp3) is 0.480. The third-order valence-electron chi connectivity index (χ3n) is 6.29. The average molecular weight is 462 g/mol. The number of piperidine rings is 1. The van der Waals surface area contributed by atoms with E-state index in [1.54, 1.807) is 24.3 Å². The largest absolute Gasteiger partial charge is 0.484 e. The van der Waals surface area contributed by atoms with Gasteiger partial charge in [-0.15, -0.1) is 0 Å².